The van der Waals surface area contributed by atoms with Gasteiger partial charge in [0, 0.05) is 19.1 Å². The van der Waals surface area contributed by atoms with Gasteiger partial charge in [-0.1, -0.05) is 13.8 Å². The first kappa shape index (κ1) is 16.7. The van der Waals surface area contributed by atoms with E-state index in [2.05, 4.69) is 5.32 Å². The van der Waals surface area contributed by atoms with Crippen molar-refractivity contribution < 1.29 is 17.9 Å². The SMILES string of the molecule is CCNC(CCC(F)(F)F)C(C)(CC)OCC. The number of alkyl halides is 3. The highest BCUT2D eigenvalue weighted by Gasteiger charge is 2.36. The van der Waals surface area contributed by atoms with E-state index in [1.807, 2.05) is 27.7 Å². The van der Waals surface area contributed by atoms with Crippen LogP contribution in [0.15, 0.2) is 0 Å². The lowest BCUT2D eigenvalue weighted by Gasteiger charge is -2.37. The highest BCUT2D eigenvalue weighted by Crippen LogP contribution is 2.28. The van der Waals surface area contributed by atoms with Gasteiger partial charge in [-0.3, -0.25) is 0 Å². The lowest BCUT2D eigenvalue weighted by molar-refractivity contribution is -0.142. The van der Waals surface area contributed by atoms with Crippen molar-refractivity contribution in [1.82, 2.24) is 5.32 Å². The van der Waals surface area contributed by atoms with Crippen molar-refractivity contribution in [1.29, 1.82) is 0 Å². The minimum absolute atomic E-state index is 0.0572. The zero-order chi connectivity index (χ0) is 13.5. The number of rotatable bonds is 8. The van der Waals surface area contributed by atoms with Gasteiger partial charge in [0.05, 0.1) is 5.60 Å². The van der Waals surface area contributed by atoms with E-state index in [0.717, 1.165) is 0 Å². The molecule has 0 saturated carbocycles. The minimum atomic E-state index is -4.10. The Bertz CT molecular complexity index is 208. The van der Waals surface area contributed by atoms with Crippen molar-refractivity contribution in [2.24, 2.45) is 0 Å². The van der Waals surface area contributed by atoms with Crippen LogP contribution >= 0.6 is 0 Å². The van der Waals surface area contributed by atoms with Gasteiger partial charge in [-0.2, -0.15) is 13.2 Å². The monoisotopic (exact) mass is 255 g/mol. The van der Waals surface area contributed by atoms with Crippen LogP contribution in [0.2, 0.25) is 0 Å². The summed E-state index contributed by atoms with van der Waals surface area (Å²) in [6.07, 6.45) is -4.13. The maximum atomic E-state index is 12.3. The van der Waals surface area contributed by atoms with Crippen molar-refractivity contribution in [3.63, 3.8) is 0 Å². The molecule has 0 aliphatic carbocycles. The third-order valence-corrected chi connectivity index (χ3v) is 3.08. The first-order chi connectivity index (χ1) is 7.79. The Morgan fingerprint density at radius 1 is 1.18 bits per heavy atom. The van der Waals surface area contributed by atoms with Gasteiger partial charge in [0.15, 0.2) is 0 Å². The fraction of sp³-hybridized carbons (Fsp3) is 1.00. The number of halogens is 3. The molecule has 0 amide bonds. The summed E-state index contributed by atoms with van der Waals surface area (Å²) in [5.74, 6) is 0. The van der Waals surface area contributed by atoms with Crippen molar-refractivity contribution in [3.05, 3.63) is 0 Å². The number of nitrogens with one attached hydrogen (secondary N) is 1. The predicted molar refractivity (Wildman–Crippen MR) is 63.1 cm³/mol. The molecule has 0 aromatic heterocycles. The number of hydrogen-bond donors (Lipinski definition) is 1. The molecule has 0 rings (SSSR count). The molecule has 1 N–H and O–H groups in total. The summed E-state index contributed by atoms with van der Waals surface area (Å²) in [4.78, 5) is 0. The predicted octanol–water partition coefficient (Wildman–Crippen LogP) is 3.51. The van der Waals surface area contributed by atoms with Gasteiger partial charge in [0.2, 0.25) is 0 Å². The molecular formula is C12H24F3NO. The van der Waals surface area contributed by atoms with E-state index in [9.17, 15) is 13.2 Å². The molecule has 0 aliphatic rings. The molecule has 104 valence electrons. The van der Waals surface area contributed by atoms with Crippen molar-refractivity contribution in [2.75, 3.05) is 13.2 Å². The molecule has 0 bridgehead atoms. The Balaban J connectivity index is 4.57. The summed E-state index contributed by atoms with van der Waals surface area (Å²) in [6.45, 7) is 8.72. The van der Waals surface area contributed by atoms with E-state index in [4.69, 9.17) is 4.74 Å². The maximum absolute atomic E-state index is 12.3. The summed E-state index contributed by atoms with van der Waals surface area (Å²) in [5.41, 5.74) is -0.532. The van der Waals surface area contributed by atoms with Crippen molar-refractivity contribution in [2.45, 2.75) is 64.8 Å². The average Bonchev–Trinajstić information content (AvgIpc) is 2.23. The molecule has 5 heteroatoms. The van der Waals surface area contributed by atoms with Crippen LogP contribution in [-0.2, 0) is 4.74 Å². The zero-order valence-corrected chi connectivity index (χ0v) is 11.2. The molecule has 0 heterocycles. The van der Waals surface area contributed by atoms with Crippen molar-refractivity contribution in [3.8, 4) is 0 Å². The van der Waals surface area contributed by atoms with Gasteiger partial charge < -0.3 is 10.1 Å². The lowest BCUT2D eigenvalue weighted by Crippen LogP contribution is -2.50. The first-order valence-corrected chi connectivity index (χ1v) is 6.23. The van der Waals surface area contributed by atoms with Gasteiger partial charge in [0.1, 0.15) is 0 Å². The quantitative estimate of drug-likeness (QED) is 0.716. The van der Waals surface area contributed by atoms with E-state index in [-0.39, 0.29) is 12.5 Å². The van der Waals surface area contributed by atoms with Crippen LogP contribution in [0.3, 0.4) is 0 Å². The van der Waals surface area contributed by atoms with Crippen LogP contribution in [0.4, 0.5) is 13.2 Å². The number of hydrogen-bond acceptors (Lipinski definition) is 2. The molecule has 0 radical (unpaired) electrons. The summed E-state index contributed by atoms with van der Waals surface area (Å²) in [7, 11) is 0. The molecule has 0 aliphatic heterocycles. The van der Waals surface area contributed by atoms with Crippen LogP contribution in [0.25, 0.3) is 0 Å². The fourth-order valence-electron chi connectivity index (χ4n) is 1.96. The third-order valence-electron chi connectivity index (χ3n) is 3.08. The molecule has 17 heavy (non-hydrogen) atoms. The smallest absolute Gasteiger partial charge is 0.374 e. The Labute approximate surface area is 102 Å². The van der Waals surface area contributed by atoms with E-state index < -0.39 is 18.2 Å². The molecule has 0 spiro atoms. The summed E-state index contributed by atoms with van der Waals surface area (Å²) in [5, 5.41) is 3.11. The molecule has 2 nitrogen and oxygen atoms in total. The summed E-state index contributed by atoms with van der Waals surface area (Å²) in [6, 6.07) is -0.265. The van der Waals surface area contributed by atoms with Crippen LogP contribution in [0, 0.1) is 0 Å². The normalized spacial score (nSPS) is 17.8. The summed E-state index contributed by atoms with van der Waals surface area (Å²) < 4.78 is 42.4. The highest BCUT2D eigenvalue weighted by molar-refractivity contribution is 4.89. The summed E-state index contributed by atoms with van der Waals surface area (Å²) >= 11 is 0. The first-order valence-electron chi connectivity index (χ1n) is 6.23. The standard InChI is InChI=1S/C12H24F3NO/c1-5-11(4,17-7-3)10(16-6-2)8-9-12(13,14)15/h10,16H,5-9H2,1-4H3. The van der Waals surface area contributed by atoms with Crippen LogP contribution in [0.5, 0.6) is 0 Å². The number of ether oxygens (including phenoxy) is 1. The van der Waals surface area contributed by atoms with E-state index >= 15 is 0 Å². The Morgan fingerprint density at radius 3 is 2.12 bits per heavy atom. The van der Waals surface area contributed by atoms with Gasteiger partial charge in [-0.05, 0) is 33.2 Å². The van der Waals surface area contributed by atoms with Gasteiger partial charge in [-0.15, -0.1) is 0 Å². The molecule has 0 saturated heterocycles. The molecule has 2 unspecified atom stereocenters. The molecule has 0 fully saturated rings. The zero-order valence-electron chi connectivity index (χ0n) is 11.2. The van der Waals surface area contributed by atoms with E-state index in [1.54, 1.807) is 0 Å². The van der Waals surface area contributed by atoms with Crippen LogP contribution < -0.4 is 5.32 Å². The Morgan fingerprint density at radius 2 is 1.76 bits per heavy atom. The van der Waals surface area contributed by atoms with Gasteiger partial charge in [0.25, 0.3) is 0 Å². The molecule has 0 aromatic rings. The Kier molecular flexibility index (Phi) is 7.09. The second kappa shape index (κ2) is 7.21. The minimum Gasteiger partial charge on any atom is -0.374 e. The second-order valence-electron chi connectivity index (χ2n) is 4.36. The second-order valence-corrected chi connectivity index (χ2v) is 4.36. The van der Waals surface area contributed by atoms with Crippen LogP contribution in [-0.4, -0.2) is 31.0 Å². The molecular weight excluding hydrogens is 231 g/mol. The van der Waals surface area contributed by atoms with Crippen molar-refractivity contribution >= 4 is 0 Å². The molecule has 0 aromatic carbocycles. The topological polar surface area (TPSA) is 21.3 Å². The maximum Gasteiger partial charge on any atom is 0.389 e. The van der Waals surface area contributed by atoms with E-state index in [1.165, 1.54) is 0 Å². The molecule has 2 atom stereocenters. The Hall–Kier alpha value is -0.290. The third kappa shape index (κ3) is 6.27. The van der Waals surface area contributed by atoms with Gasteiger partial charge in [-0.25, -0.2) is 0 Å². The fourth-order valence-corrected chi connectivity index (χ4v) is 1.96. The lowest BCUT2D eigenvalue weighted by atomic mass is 9.89. The number of likely N-dealkylation sites (N-methyl/N-ethyl adjacent to an activating group) is 1. The average molecular weight is 255 g/mol. The largest absolute Gasteiger partial charge is 0.389 e. The highest BCUT2D eigenvalue weighted by atomic mass is 19.4. The van der Waals surface area contributed by atoms with E-state index in [0.29, 0.717) is 19.6 Å². The van der Waals surface area contributed by atoms with Gasteiger partial charge >= 0.3 is 6.18 Å². The van der Waals surface area contributed by atoms with Crippen LogP contribution in [0.1, 0.15) is 47.0 Å².